The second-order valence-corrected chi connectivity index (χ2v) is 7.86. The SMILES string of the molecule is CC(CO)(CCCC(O)CCCC(C(=O)O)c1ccccc1)c1ccccc1. The average molecular weight is 385 g/mol. The Labute approximate surface area is 167 Å². The van der Waals surface area contributed by atoms with E-state index in [0.717, 1.165) is 24.0 Å². The summed E-state index contributed by atoms with van der Waals surface area (Å²) in [6, 6.07) is 19.2. The van der Waals surface area contributed by atoms with Gasteiger partial charge in [-0.1, -0.05) is 67.6 Å². The van der Waals surface area contributed by atoms with Crippen molar-refractivity contribution >= 4 is 5.97 Å². The summed E-state index contributed by atoms with van der Waals surface area (Å²) >= 11 is 0. The van der Waals surface area contributed by atoms with E-state index in [4.69, 9.17) is 0 Å². The molecule has 2 aromatic carbocycles. The highest BCUT2D eigenvalue weighted by Gasteiger charge is 2.25. The first-order valence-corrected chi connectivity index (χ1v) is 10.1. The molecular weight excluding hydrogens is 352 g/mol. The zero-order valence-corrected chi connectivity index (χ0v) is 16.6. The molecule has 0 aromatic heterocycles. The van der Waals surface area contributed by atoms with E-state index in [1.54, 1.807) is 0 Å². The van der Waals surface area contributed by atoms with Crippen molar-refractivity contribution in [1.82, 2.24) is 0 Å². The van der Waals surface area contributed by atoms with Gasteiger partial charge in [-0.05, 0) is 49.7 Å². The van der Waals surface area contributed by atoms with Crippen molar-refractivity contribution in [3.63, 3.8) is 0 Å². The molecule has 0 aliphatic rings. The molecule has 0 saturated carbocycles. The van der Waals surface area contributed by atoms with Gasteiger partial charge in [-0.2, -0.15) is 0 Å². The summed E-state index contributed by atoms with van der Waals surface area (Å²) in [4.78, 5) is 11.5. The zero-order valence-electron chi connectivity index (χ0n) is 16.6. The Hall–Kier alpha value is -2.17. The van der Waals surface area contributed by atoms with Gasteiger partial charge < -0.3 is 15.3 Å². The number of aliphatic hydroxyl groups is 2. The molecule has 0 heterocycles. The Balaban J connectivity index is 1.76. The Morgan fingerprint density at radius 1 is 0.929 bits per heavy atom. The molecule has 0 radical (unpaired) electrons. The summed E-state index contributed by atoms with van der Waals surface area (Å²) in [7, 11) is 0. The summed E-state index contributed by atoms with van der Waals surface area (Å²) in [5.74, 6) is -1.34. The highest BCUT2D eigenvalue weighted by molar-refractivity contribution is 5.75. The summed E-state index contributed by atoms with van der Waals surface area (Å²) in [5, 5.41) is 29.6. The van der Waals surface area contributed by atoms with Crippen molar-refractivity contribution < 1.29 is 20.1 Å². The van der Waals surface area contributed by atoms with Crippen LogP contribution < -0.4 is 0 Å². The lowest BCUT2D eigenvalue weighted by molar-refractivity contribution is -0.139. The minimum atomic E-state index is -0.817. The molecule has 2 rings (SSSR count). The van der Waals surface area contributed by atoms with Crippen LogP contribution in [0.4, 0.5) is 0 Å². The van der Waals surface area contributed by atoms with E-state index in [2.05, 4.69) is 0 Å². The molecule has 0 fully saturated rings. The van der Waals surface area contributed by atoms with Crippen molar-refractivity contribution in [3.8, 4) is 0 Å². The predicted molar refractivity (Wildman–Crippen MR) is 111 cm³/mol. The average Bonchev–Trinajstić information content (AvgIpc) is 2.72. The number of carboxylic acids is 1. The molecule has 0 aliphatic carbocycles. The van der Waals surface area contributed by atoms with Gasteiger partial charge in [-0.15, -0.1) is 0 Å². The molecular formula is C24H32O4. The standard InChI is InChI=1S/C24H32O4/c1-24(18-25,20-12-6-3-7-13-20)17-9-15-21(26)14-8-16-22(23(27)28)19-10-4-2-5-11-19/h2-7,10-13,21-22,25-26H,8-9,14-18H2,1H3,(H,27,28). The van der Waals surface area contributed by atoms with E-state index in [0.29, 0.717) is 25.7 Å². The third-order valence-corrected chi connectivity index (χ3v) is 5.62. The lowest BCUT2D eigenvalue weighted by Gasteiger charge is -2.28. The number of benzene rings is 2. The van der Waals surface area contributed by atoms with Crippen LogP contribution in [0.3, 0.4) is 0 Å². The number of aliphatic carboxylic acids is 1. The molecule has 28 heavy (non-hydrogen) atoms. The van der Waals surface area contributed by atoms with Crippen LogP contribution in [0.5, 0.6) is 0 Å². The van der Waals surface area contributed by atoms with Gasteiger partial charge in [0, 0.05) is 5.41 Å². The van der Waals surface area contributed by atoms with Gasteiger partial charge in [0.2, 0.25) is 0 Å². The van der Waals surface area contributed by atoms with Crippen LogP contribution in [-0.2, 0) is 10.2 Å². The highest BCUT2D eigenvalue weighted by atomic mass is 16.4. The molecule has 3 atom stereocenters. The summed E-state index contributed by atoms with van der Waals surface area (Å²) in [5.41, 5.74) is 1.62. The monoisotopic (exact) mass is 384 g/mol. The first-order chi connectivity index (χ1) is 13.5. The lowest BCUT2D eigenvalue weighted by atomic mass is 9.78. The van der Waals surface area contributed by atoms with Gasteiger partial charge in [0.25, 0.3) is 0 Å². The van der Waals surface area contributed by atoms with Crippen molar-refractivity contribution in [3.05, 3.63) is 71.8 Å². The Bertz CT molecular complexity index is 701. The molecule has 3 N–H and O–H groups in total. The van der Waals surface area contributed by atoms with E-state index >= 15 is 0 Å². The molecule has 4 heteroatoms. The molecule has 2 aromatic rings. The van der Waals surface area contributed by atoms with Gasteiger partial charge in [-0.3, -0.25) is 4.79 Å². The van der Waals surface area contributed by atoms with E-state index < -0.39 is 18.0 Å². The van der Waals surface area contributed by atoms with Gasteiger partial charge >= 0.3 is 5.97 Å². The van der Waals surface area contributed by atoms with Gasteiger partial charge in [0.15, 0.2) is 0 Å². The van der Waals surface area contributed by atoms with Gasteiger partial charge in [0.1, 0.15) is 0 Å². The van der Waals surface area contributed by atoms with Crippen LogP contribution in [-0.4, -0.2) is 34.0 Å². The highest BCUT2D eigenvalue weighted by Crippen LogP contribution is 2.30. The fourth-order valence-corrected chi connectivity index (χ4v) is 3.70. The lowest BCUT2D eigenvalue weighted by Crippen LogP contribution is -2.27. The minimum absolute atomic E-state index is 0.0739. The minimum Gasteiger partial charge on any atom is -0.481 e. The van der Waals surface area contributed by atoms with Gasteiger partial charge in [-0.25, -0.2) is 0 Å². The van der Waals surface area contributed by atoms with Crippen LogP contribution in [0.1, 0.15) is 62.5 Å². The summed E-state index contributed by atoms with van der Waals surface area (Å²) < 4.78 is 0. The quantitative estimate of drug-likeness (QED) is 0.503. The number of aliphatic hydroxyl groups excluding tert-OH is 2. The zero-order chi connectivity index (χ0) is 20.4. The third-order valence-electron chi connectivity index (χ3n) is 5.62. The van der Waals surface area contributed by atoms with Crippen molar-refractivity contribution in [2.24, 2.45) is 0 Å². The van der Waals surface area contributed by atoms with Crippen molar-refractivity contribution in [2.75, 3.05) is 6.61 Å². The predicted octanol–water partition coefficient (Wildman–Crippen LogP) is 4.51. The van der Waals surface area contributed by atoms with E-state index in [1.165, 1.54) is 0 Å². The topological polar surface area (TPSA) is 77.8 Å². The molecule has 3 unspecified atom stereocenters. The van der Waals surface area contributed by atoms with Crippen LogP contribution in [0.15, 0.2) is 60.7 Å². The maximum Gasteiger partial charge on any atom is 0.310 e. The van der Waals surface area contributed by atoms with E-state index in [9.17, 15) is 20.1 Å². The molecule has 0 saturated heterocycles. The second-order valence-electron chi connectivity index (χ2n) is 7.86. The van der Waals surface area contributed by atoms with Crippen LogP contribution in [0.2, 0.25) is 0 Å². The third kappa shape index (κ3) is 6.47. The normalized spacial score (nSPS) is 15.5. The van der Waals surface area contributed by atoms with Crippen LogP contribution in [0, 0.1) is 0 Å². The first kappa shape index (κ1) is 22.1. The molecule has 0 spiro atoms. The van der Waals surface area contributed by atoms with E-state index in [-0.39, 0.29) is 12.0 Å². The van der Waals surface area contributed by atoms with Crippen molar-refractivity contribution in [2.45, 2.75) is 62.9 Å². The fraction of sp³-hybridized carbons (Fsp3) is 0.458. The number of hydrogen-bond donors (Lipinski definition) is 3. The van der Waals surface area contributed by atoms with Crippen LogP contribution in [0.25, 0.3) is 0 Å². The van der Waals surface area contributed by atoms with Crippen molar-refractivity contribution in [1.29, 1.82) is 0 Å². The Morgan fingerprint density at radius 3 is 2.07 bits per heavy atom. The smallest absolute Gasteiger partial charge is 0.310 e. The molecule has 0 bridgehead atoms. The molecule has 4 nitrogen and oxygen atoms in total. The summed E-state index contributed by atoms with van der Waals surface area (Å²) in [6.07, 6.45) is 3.62. The molecule has 0 aliphatic heterocycles. The number of carbonyl (C=O) groups is 1. The number of rotatable bonds is 12. The molecule has 0 amide bonds. The Kier molecular flexibility index (Phi) is 8.68. The number of hydrogen-bond acceptors (Lipinski definition) is 3. The first-order valence-electron chi connectivity index (χ1n) is 10.1. The maximum atomic E-state index is 11.5. The van der Waals surface area contributed by atoms with E-state index in [1.807, 2.05) is 67.6 Å². The summed E-state index contributed by atoms with van der Waals surface area (Å²) in [6.45, 7) is 2.12. The number of carboxylic acid groups (broad SMARTS) is 1. The largest absolute Gasteiger partial charge is 0.481 e. The fourth-order valence-electron chi connectivity index (χ4n) is 3.70. The van der Waals surface area contributed by atoms with Gasteiger partial charge in [0.05, 0.1) is 18.6 Å². The Morgan fingerprint density at radius 2 is 1.50 bits per heavy atom. The maximum absolute atomic E-state index is 11.5. The van der Waals surface area contributed by atoms with Crippen LogP contribution >= 0.6 is 0 Å². The molecule has 152 valence electrons. The second kappa shape index (κ2) is 11.0.